The Kier molecular flexibility index (Phi) is 3.45. The molecule has 6 nitrogen and oxygen atoms in total. The minimum absolute atomic E-state index is 0.573. The summed E-state index contributed by atoms with van der Waals surface area (Å²) in [5.74, 6) is 1.19. The molecule has 21 heavy (non-hydrogen) atoms. The van der Waals surface area contributed by atoms with Crippen molar-refractivity contribution in [1.29, 1.82) is 0 Å². The Hall–Kier alpha value is -2.60. The number of fused-ring (bicyclic) bond motifs is 1. The van der Waals surface area contributed by atoms with Gasteiger partial charge in [0, 0.05) is 18.0 Å². The highest BCUT2D eigenvalue weighted by Gasteiger charge is 2.17. The van der Waals surface area contributed by atoms with Gasteiger partial charge in [-0.15, -0.1) is 0 Å². The Morgan fingerprint density at radius 1 is 1.14 bits per heavy atom. The van der Waals surface area contributed by atoms with Crippen molar-refractivity contribution in [2.45, 2.75) is 6.10 Å². The lowest BCUT2D eigenvalue weighted by molar-refractivity contribution is 0.221. The molecule has 1 unspecified atom stereocenters. The molecule has 1 atom stereocenters. The van der Waals surface area contributed by atoms with Gasteiger partial charge in [0.15, 0.2) is 11.5 Å². The minimum atomic E-state index is -0.813. The van der Waals surface area contributed by atoms with Gasteiger partial charge in [-0.1, -0.05) is 6.07 Å². The number of nitrogens with zero attached hydrogens (tertiary/aromatic N) is 3. The zero-order valence-electron chi connectivity index (χ0n) is 11.7. The van der Waals surface area contributed by atoms with Crippen molar-refractivity contribution in [3.8, 4) is 11.5 Å². The van der Waals surface area contributed by atoms with Crippen LogP contribution in [0.2, 0.25) is 0 Å². The highest BCUT2D eigenvalue weighted by atomic mass is 16.5. The molecule has 0 bridgehead atoms. The Morgan fingerprint density at radius 2 is 1.95 bits per heavy atom. The Balaban J connectivity index is 2.04. The van der Waals surface area contributed by atoms with Crippen LogP contribution in [0.25, 0.3) is 5.52 Å². The molecule has 0 aliphatic rings. The molecule has 6 heteroatoms. The molecule has 3 aromatic rings. The van der Waals surface area contributed by atoms with E-state index in [4.69, 9.17) is 9.47 Å². The molecule has 0 spiro atoms. The summed E-state index contributed by atoms with van der Waals surface area (Å²) in [6, 6.07) is 5.32. The standard InChI is InChI=1S/C15H15N3O3/c1-20-13-4-3-10(7-14(13)21-2)15(19)11-8-17-18-6-5-16-9-12(11)18/h3-9,15,19H,1-2H3. The Labute approximate surface area is 121 Å². The average molecular weight is 285 g/mol. The number of aliphatic hydroxyl groups is 1. The number of methoxy groups -OCH3 is 2. The van der Waals surface area contributed by atoms with Gasteiger partial charge in [0.25, 0.3) is 0 Å². The van der Waals surface area contributed by atoms with Crippen LogP contribution in [0.15, 0.2) is 43.0 Å². The molecule has 0 saturated heterocycles. The lowest BCUT2D eigenvalue weighted by Crippen LogP contribution is -2.01. The molecule has 0 fully saturated rings. The summed E-state index contributed by atoms with van der Waals surface area (Å²) in [5, 5.41) is 14.8. The minimum Gasteiger partial charge on any atom is -0.493 e. The van der Waals surface area contributed by atoms with Crippen molar-refractivity contribution in [2.75, 3.05) is 14.2 Å². The van der Waals surface area contributed by atoms with Crippen LogP contribution >= 0.6 is 0 Å². The van der Waals surface area contributed by atoms with Crippen LogP contribution in [-0.4, -0.2) is 33.9 Å². The molecule has 0 saturated carbocycles. The third-order valence-electron chi connectivity index (χ3n) is 3.37. The second-order valence-electron chi connectivity index (χ2n) is 4.52. The average Bonchev–Trinajstić information content (AvgIpc) is 2.97. The molecule has 0 radical (unpaired) electrons. The van der Waals surface area contributed by atoms with Gasteiger partial charge in [-0.25, -0.2) is 4.52 Å². The summed E-state index contributed by atoms with van der Waals surface area (Å²) in [6.07, 6.45) is 5.88. The topological polar surface area (TPSA) is 68.9 Å². The maximum Gasteiger partial charge on any atom is 0.161 e. The molecule has 108 valence electrons. The van der Waals surface area contributed by atoms with Crippen molar-refractivity contribution < 1.29 is 14.6 Å². The number of rotatable bonds is 4. The van der Waals surface area contributed by atoms with E-state index in [9.17, 15) is 5.11 Å². The van der Waals surface area contributed by atoms with Crippen LogP contribution in [-0.2, 0) is 0 Å². The zero-order valence-corrected chi connectivity index (χ0v) is 11.7. The predicted octanol–water partition coefficient (Wildman–Crippen LogP) is 1.83. The van der Waals surface area contributed by atoms with Crippen molar-refractivity contribution in [3.63, 3.8) is 0 Å². The molecule has 1 N–H and O–H groups in total. The van der Waals surface area contributed by atoms with E-state index < -0.39 is 6.10 Å². The molecular formula is C15H15N3O3. The third-order valence-corrected chi connectivity index (χ3v) is 3.37. The quantitative estimate of drug-likeness (QED) is 0.792. The van der Waals surface area contributed by atoms with Crippen LogP contribution in [0.1, 0.15) is 17.2 Å². The summed E-state index contributed by atoms with van der Waals surface area (Å²) < 4.78 is 12.1. The fourth-order valence-electron chi connectivity index (χ4n) is 2.27. The Morgan fingerprint density at radius 3 is 2.71 bits per heavy atom. The summed E-state index contributed by atoms with van der Waals surface area (Å²) in [4.78, 5) is 4.07. The van der Waals surface area contributed by atoms with Gasteiger partial charge in [-0.2, -0.15) is 5.10 Å². The van der Waals surface area contributed by atoms with E-state index in [0.717, 1.165) is 5.52 Å². The van der Waals surface area contributed by atoms with Gasteiger partial charge < -0.3 is 14.6 Å². The third kappa shape index (κ3) is 2.30. The highest BCUT2D eigenvalue weighted by Crippen LogP contribution is 2.33. The molecular weight excluding hydrogens is 270 g/mol. The predicted molar refractivity (Wildman–Crippen MR) is 76.6 cm³/mol. The first-order valence-corrected chi connectivity index (χ1v) is 6.42. The summed E-state index contributed by atoms with van der Waals surface area (Å²) in [5.41, 5.74) is 2.15. The van der Waals surface area contributed by atoms with E-state index in [0.29, 0.717) is 22.6 Å². The van der Waals surface area contributed by atoms with Crippen molar-refractivity contribution in [2.24, 2.45) is 0 Å². The number of benzene rings is 1. The molecule has 0 aliphatic carbocycles. The second kappa shape index (κ2) is 5.41. The van der Waals surface area contributed by atoms with Crippen molar-refractivity contribution in [1.82, 2.24) is 14.6 Å². The number of aromatic nitrogens is 3. The van der Waals surface area contributed by atoms with Gasteiger partial charge in [-0.3, -0.25) is 4.98 Å². The number of ether oxygens (including phenoxy) is 2. The molecule has 2 aromatic heterocycles. The zero-order chi connectivity index (χ0) is 14.8. The fourth-order valence-corrected chi connectivity index (χ4v) is 2.27. The summed E-state index contributed by atoms with van der Waals surface area (Å²) in [7, 11) is 3.14. The molecule has 1 aromatic carbocycles. The van der Waals surface area contributed by atoms with Crippen molar-refractivity contribution >= 4 is 5.52 Å². The van der Waals surface area contributed by atoms with E-state index in [1.165, 1.54) is 0 Å². The van der Waals surface area contributed by atoms with Crippen LogP contribution < -0.4 is 9.47 Å². The maximum atomic E-state index is 10.6. The van der Waals surface area contributed by atoms with Gasteiger partial charge in [0.05, 0.1) is 32.1 Å². The number of aliphatic hydroxyl groups excluding tert-OH is 1. The van der Waals surface area contributed by atoms with E-state index in [2.05, 4.69) is 10.1 Å². The maximum absolute atomic E-state index is 10.6. The van der Waals surface area contributed by atoms with Crippen molar-refractivity contribution in [3.05, 3.63) is 54.1 Å². The number of hydrogen-bond donors (Lipinski definition) is 1. The fraction of sp³-hybridized carbons (Fsp3) is 0.200. The normalized spacial score (nSPS) is 12.3. The lowest BCUT2D eigenvalue weighted by atomic mass is 10.0. The van der Waals surface area contributed by atoms with Gasteiger partial charge in [0.1, 0.15) is 6.10 Å². The van der Waals surface area contributed by atoms with E-state index in [1.807, 2.05) is 0 Å². The van der Waals surface area contributed by atoms with E-state index in [1.54, 1.807) is 61.7 Å². The largest absolute Gasteiger partial charge is 0.493 e. The smallest absolute Gasteiger partial charge is 0.161 e. The van der Waals surface area contributed by atoms with Crippen LogP contribution in [0, 0.1) is 0 Å². The number of hydrogen-bond acceptors (Lipinski definition) is 5. The van der Waals surface area contributed by atoms with Crippen LogP contribution in [0.3, 0.4) is 0 Å². The lowest BCUT2D eigenvalue weighted by Gasteiger charge is -2.13. The molecule has 0 amide bonds. The first-order chi connectivity index (χ1) is 10.2. The molecule has 0 aliphatic heterocycles. The highest BCUT2D eigenvalue weighted by molar-refractivity contribution is 5.56. The van der Waals surface area contributed by atoms with Gasteiger partial charge >= 0.3 is 0 Å². The van der Waals surface area contributed by atoms with E-state index in [-0.39, 0.29) is 0 Å². The van der Waals surface area contributed by atoms with Crippen LogP contribution in [0.4, 0.5) is 0 Å². The SMILES string of the molecule is COc1ccc(C(O)c2cnn3ccncc23)cc1OC. The summed E-state index contributed by atoms with van der Waals surface area (Å²) >= 11 is 0. The second-order valence-corrected chi connectivity index (χ2v) is 4.52. The first-order valence-electron chi connectivity index (χ1n) is 6.42. The molecule has 3 rings (SSSR count). The molecule has 2 heterocycles. The van der Waals surface area contributed by atoms with Gasteiger partial charge in [-0.05, 0) is 17.7 Å². The van der Waals surface area contributed by atoms with Gasteiger partial charge in [0.2, 0.25) is 0 Å². The van der Waals surface area contributed by atoms with E-state index >= 15 is 0 Å². The first kappa shape index (κ1) is 13.4. The Bertz CT molecular complexity index is 770. The monoisotopic (exact) mass is 285 g/mol. The van der Waals surface area contributed by atoms with Crippen LogP contribution in [0.5, 0.6) is 11.5 Å². The summed E-state index contributed by atoms with van der Waals surface area (Å²) in [6.45, 7) is 0.